The third-order valence-electron chi connectivity index (χ3n) is 3.30. The Kier molecular flexibility index (Phi) is 4.05. The maximum absolute atomic E-state index is 13.3. The summed E-state index contributed by atoms with van der Waals surface area (Å²) in [6.07, 6.45) is 0.919. The van der Waals surface area contributed by atoms with E-state index in [2.05, 4.69) is 24.4 Å². The molecule has 0 saturated heterocycles. The van der Waals surface area contributed by atoms with Gasteiger partial charge in [-0.25, -0.2) is 4.39 Å². The standard InChI is InChI=1S/C16H19FN2/c1-11-5-3-4-6-13(11)7-8-19-16-9-12(2)14(17)10-15(16)18/h3-6,9-10,19H,7-8,18H2,1-2H3. The van der Waals surface area contributed by atoms with E-state index in [1.165, 1.54) is 17.2 Å². The zero-order chi connectivity index (χ0) is 13.8. The molecule has 0 aromatic heterocycles. The summed E-state index contributed by atoms with van der Waals surface area (Å²) in [4.78, 5) is 0. The van der Waals surface area contributed by atoms with E-state index in [-0.39, 0.29) is 5.82 Å². The van der Waals surface area contributed by atoms with Crippen LogP contribution in [0.15, 0.2) is 36.4 Å². The lowest BCUT2D eigenvalue weighted by Crippen LogP contribution is -2.08. The molecule has 0 aliphatic heterocycles. The van der Waals surface area contributed by atoms with Crippen molar-refractivity contribution in [3.8, 4) is 0 Å². The van der Waals surface area contributed by atoms with Crippen molar-refractivity contribution < 1.29 is 4.39 Å². The highest BCUT2D eigenvalue weighted by molar-refractivity contribution is 5.67. The van der Waals surface area contributed by atoms with E-state index < -0.39 is 0 Å². The smallest absolute Gasteiger partial charge is 0.128 e. The molecule has 0 aliphatic rings. The number of nitrogens with two attached hydrogens (primary N) is 1. The number of nitrogen functional groups attached to an aromatic ring is 1. The molecule has 0 spiro atoms. The fraction of sp³-hybridized carbons (Fsp3) is 0.250. The average molecular weight is 258 g/mol. The van der Waals surface area contributed by atoms with E-state index >= 15 is 0 Å². The van der Waals surface area contributed by atoms with Crippen molar-refractivity contribution in [2.75, 3.05) is 17.6 Å². The first kappa shape index (κ1) is 13.4. The molecule has 3 heteroatoms. The maximum atomic E-state index is 13.3. The second kappa shape index (κ2) is 5.74. The van der Waals surface area contributed by atoms with Gasteiger partial charge < -0.3 is 11.1 Å². The fourth-order valence-electron chi connectivity index (χ4n) is 2.07. The Morgan fingerprint density at radius 3 is 2.58 bits per heavy atom. The van der Waals surface area contributed by atoms with Gasteiger partial charge in [0.2, 0.25) is 0 Å². The quantitative estimate of drug-likeness (QED) is 0.821. The molecule has 19 heavy (non-hydrogen) atoms. The molecule has 0 heterocycles. The van der Waals surface area contributed by atoms with Gasteiger partial charge in [0, 0.05) is 6.54 Å². The van der Waals surface area contributed by atoms with Crippen molar-refractivity contribution in [1.29, 1.82) is 0 Å². The molecule has 2 rings (SSSR count). The number of nitrogens with one attached hydrogen (secondary N) is 1. The lowest BCUT2D eigenvalue weighted by molar-refractivity contribution is 0.619. The van der Waals surface area contributed by atoms with Crippen molar-refractivity contribution in [2.24, 2.45) is 0 Å². The average Bonchev–Trinajstić information content (AvgIpc) is 2.38. The molecule has 0 fully saturated rings. The minimum absolute atomic E-state index is 0.262. The van der Waals surface area contributed by atoms with Crippen LogP contribution in [0, 0.1) is 19.7 Å². The van der Waals surface area contributed by atoms with Crippen LogP contribution >= 0.6 is 0 Å². The molecule has 2 nitrogen and oxygen atoms in total. The van der Waals surface area contributed by atoms with Gasteiger partial charge in [-0.2, -0.15) is 0 Å². The molecule has 0 atom stereocenters. The highest BCUT2D eigenvalue weighted by Gasteiger charge is 2.04. The summed E-state index contributed by atoms with van der Waals surface area (Å²) in [7, 11) is 0. The van der Waals surface area contributed by atoms with Gasteiger partial charge in [-0.05, 0) is 49.1 Å². The molecule has 0 aliphatic carbocycles. The van der Waals surface area contributed by atoms with Gasteiger partial charge in [0.05, 0.1) is 11.4 Å². The van der Waals surface area contributed by atoms with Gasteiger partial charge in [0.25, 0.3) is 0 Å². The highest BCUT2D eigenvalue weighted by atomic mass is 19.1. The lowest BCUT2D eigenvalue weighted by atomic mass is 10.1. The Morgan fingerprint density at radius 2 is 1.84 bits per heavy atom. The summed E-state index contributed by atoms with van der Waals surface area (Å²) >= 11 is 0. The molecule has 100 valence electrons. The van der Waals surface area contributed by atoms with Gasteiger partial charge >= 0.3 is 0 Å². The molecule has 0 radical (unpaired) electrons. The second-order valence-electron chi connectivity index (χ2n) is 4.79. The number of benzene rings is 2. The normalized spacial score (nSPS) is 10.5. The molecular formula is C16H19FN2. The lowest BCUT2D eigenvalue weighted by Gasteiger charge is -2.11. The van der Waals surface area contributed by atoms with E-state index in [4.69, 9.17) is 5.73 Å². The van der Waals surface area contributed by atoms with E-state index in [0.717, 1.165) is 18.7 Å². The summed E-state index contributed by atoms with van der Waals surface area (Å²) in [6, 6.07) is 11.4. The van der Waals surface area contributed by atoms with Crippen LogP contribution in [0.5, 0.6) is 0 Å². The molecule has 2 aromatic rings. The number of aryl methyl sites for hydroxylation is 2. The van der Waals surface area contributed by atoms with Crippen molar-refractivity contribution in [3.63, 3.8) is 0 Å². The van der Waals surface area contributed by atoms with E-state index in [1.807, 2.05) is 12.1 Å². The van der Waals surface area contributed by atoms with E-state index in [1.54, 1.807) is 13.0 Å². The zero-order valence-electron chi connectivity index (χ0n) is 11.3. The molecule has 3 N–H and O–H groups in total. The monoisotopic (exact) mass is 258 g/mol. The fourth-order valence-corrected chi connectivity index (χ4v) is 2.07. The predicted molar refractivity (Wildman–Crippen MR) is 78.9 cm³/mol. The molecule has 0 bridgehead atoms. The Hall–Kier alpha value is -2.03. The van der Waals surface area contributed by atoms with Crippen molar-refractivity contribution in [3.05, 3.63) is 58.9 Å². The predicted octanol–water partition coefficient (Wildman–Crippen LogP) is 3.68. The summed E-state index contributed by atoms with van der Waals surface area (Å²) in [5.41, 5.74) is 10.2. The molecule has 0 unspecified atom stereocenters. The third-order valence-corrected chi connectivity index (χ3v) is 3.30. The highest BCUT2D eigenvalue weighted by Crippen LogP contribution is 2.22. The number of anilines is 2. The van der Waals surface area contributed by atoms with Gasteiger partial charge in [-0.3, -0.25) is 0 Å². The van der Waals surface area contributed by atoms with Crippen LogP contribution in [0.2, 0.25) is 0 Å². The van der Waals surface area contributed by atoms with Crippen LogP contribution in [0.4, 0.5) is 15.8 Å². The topological polar surface area (TPSA) is 38.0 Å². The zero-order valence-corrected chi connectivity index (χ0v) is 11.3. The van der Waals surface area contributed by atoms with Gasteiger partial charge in [-0.15, -0.1) is 0 Å². The SMILES string of the molecule is Cc1cc(NCCc2ccccc2C)c(N)cc1F. The van der Waals surface area contributed by atoms with E-state index in [9.17, 15) is 4.39 Å². The number of hydrogen-bond donors (Lipinski definition) is 2. The minimum Gasteiger partial charge on any atom is -0.397 e. The number of hydrogen-bond acceptors (Lipinski definition) is 2. The Labute approximate surface area is 113 Å². The second-order valence-corrected chi connectivity index (χ2v) is 4.79. The van der Waals surface area contributed by atoms with Crippen LogP contribution in [0.25, 0.3) is 0 Å². The molecular weight excluding hydrogens is 239 g/mol. The largest absolute Gasteiger partial charge is 0.397 e. The van der Waals surface area contributed by atoms with Crippen LogP contribution in [-0.2, 0) is 6.42 Å². The molecule has 2 aromatic carbocycles. The van der Waals surface area contributed by atoms with Gasteiger partial charge in [0.15, 0.2) is 0 Å². The Balaban J connectivity index is 2.00. The number of rotatable bonds is 4. The molecule has 0 amide bonds. The first-order valence-corrected chi connectivity index (χ1v) is 6.42. The maximum Gasteiger partial charge on any atom is 0.128 e. The Morgan fingerprint density at radius 1 is 1.11 bits per heavy atom. The Bertz CT molecular complexity index is 579. The number of halogens is 1. The first-order chi connectivity index (χ1) is 9.08. The van der Waals surface area contributed by atoms with Gasteiger partial charge in [-0.1, -0.05) is 24.3 Å². The van der Waals surface area contributed by atoms with Crippen molar-refractivity contribution in [1.82, 2.24) is 0 Å². The minimum atomic E-state index is -0.262. The van der Waals surface area contributed by atoms with E-state index in [0.29, 0.717) is 11.3 Å². The van der Waals surface area contributed by atoms with Crippen LogP contribution in [0.1, 0.15) is 16.7 Å². The summed E-state index contributed by atoms with van der Waals surface area (Å²) in [5, 5.41) is 3.27. The van der Waals surface area contributed by atoms with Crippen molar-refractivity contribution >= 4 is 11.4 Å². The summed E-state index contributed by atoms with van der Waals surface area (Å²) in [5.74, 6) is -0.262. The third kappa shape index (κ3) is 3.25. The summed E-state index contributed by atoms with van der Waals surface area (Å²) < 4.78 is 13.3. The van der Waals surface area contributed by atoms with Crippen LogP contribution in [0.3, 0.4) is 0 Å². The van der Waals surface area contributed by atoms with Crippen LogP contribution < -0.4 is 11.1 Å². The van der Waals surface area contributed by atoms with Gasteiger partial charge in [0.1, 0.15) is 5.82 Å². The summed E-state index contributed by atoms with van der Waals surface area (Å²) in [6.45, 7) is 4.62. The van der Waals surface area contributed by atoms with Crippen molar-refractivity contribution in [2.45, 2.75) is 20.3 Å². The van der Waals surface area contributed by atoms with Crippen LogP contribution in [-0.4, -0.2) is 6.54 Å². The molecule has 0 saturated carbocycles. The first-order valence-electron chi connectivity index (χ1n) is 6.42.